The summed E-state index contributed by atoms with van der Waals surface area (Å²) in [6.45, 7) is 5.30. The molecule has 6 nitrogen and oxygen atoms in total. The molecule has 2 rings (SSSR count). The van der Waals surface area contributed by atoms with E-state index in [2.05, 4.69) is 15.3 Å². The number of aromatic nitrogens is 4. The molecule has 2 aromatic heterocycles. The van der Waals surface area contributed by atoms with Crippen LogP contribution >= 0.6 is 0 Å². The van der Waals surface area contributed by atoms with Gasteiger partial charge < -0.3 is 4.84 Å². The molecule has 0 spiro atoms. The second-order valence-corrected chi connectivity index (χ2v) is 4.44. The summed E-state index contributed by atoms with van der Waals surface area (Å²) < 4.78 is 0. The Bertz CT molecular complexity index is 527. The van der Waals surface area contributed by atoms with Gasteiger partial charge in [-0.2, -0.15) is 0 Å². The summed E-state index contributed by atoms with van der Waals surface area (Å²) in [6, 6.07) is 3.49. The number of hydrogen-bond acceptors (Lipinski definition) is 5. The third kappa shape index (κ3) is 1.86. The van der Waals surface area contributed by atoms with Gasteiger partial charge in [-0.1, -0.05) is 0 Å². The molecule has 2 heterocycles. The van der Waals surface area contributed by atoms with E-state index >= 15 is 0 Å². The minimum Gasteiger partial charge on any atom is -0.315 e. The third-order valence-electron chi connectivity index (χ3n) is 1.96. The highest BCUT2D eigenvalue weighted by Crippen LogP contribution is 2.14. The molecule has 2 aromatic rings. The van der Waals surface area contributed by atoms with E-state index in [0.29, 0.717) is 11.2 Å². The molecule has 0 atom stereocenters. The predicted octanol–water partition coefficient (Wildman–Crippen LogP) is 0.828. The molecule has 0 aliphatic heterocycles. The number of carbonyl (C=O) groups is 1. The van der Waals surface area contributed by atoms with Crippen molar-refractivity contribution in [1.29, 1.82) is 0 Å². The van der Waals surface area contributed by atoms with Crippen molar-refractivity contribution in [2.75, 3.05) is 0 Å². The molecule has 0 bridgehead atoms. The van der Waals surface area contributed by atoms with E-state index in [1.807, 2.05) is 0 Å². The van der Waals surface area contributed by atoms with Crippen LogP contribution in [-0.4, -0.2) is 26.1 Å². The van der Waals surface area contributed by atoms with Gasteiger partial charge in [0.1, 0.15) is 5.52 Å². The van der Waals surface area contributed by atoms with Crippen LogP contribution < -0.4 is 4.84 Å². The van der Waals surface area contributed by atoms with Crippen molar-refractivity contribution < 1.29 is 9.63 Å². The molecule has 0 radical (unpaired) electrons. The minimum absolute atomic E-state index is 0.384. The predicted molar refractivity (Wildman–Crippen MR) is 56.4 cm³/mol. The molecule has 0 aromatic carbocycles. The van der Waals surface area contributed by atoms with Gasteiger partial charge in [-0.25, -0.2) is 9.78 Å². The second-order valence-electron chi connectivity index (χ2n) is 4.44. The Morgan fingerprint density at radius 1 is 1.44 bits per heavy atom. The Labute approximate surface area is 92.2 Å². The fourth-order valence-corrected chi connectivity index (χ4v) is 1.02. The zero-order chi connectivity index (χ0) is 11.8. The van der Waals surface area contributed by atoms with Gasteiger partial charge in [0.25, 0.3) is 0 Å². The van der Waals surface area contributed by atoms with E-state index in [1.165, 1.54) is 0 Å². The van der Waals surface area contributed by atoms with Crippen molar-refractivity contribution in [2.45, 2.75) is 20.8 Å². The lowest BCUT2D eigenvalue weighted by Gasteiger charge is -2.14. The zero-order valence-electron chi connectivity index (χ0n) is 9.34. The lowest BCUT2D eigenvalue weighted by atomic mass is 9.98. The minimum atomic E-state index is -0.590. The van der Waals surface area contributed by atoms with E-state index < -0.39 is 5.41 Å². The third-order valence-corrected chi connectivity index (χ3v) is 1.96. The number of carbonyl (C=O) groups excluding carboxylic acids is 1. The number of pyridine rings is 1. The number of rotatable bonds is 1. The van der Waals surface area contributed by atoms with Crippen molar-refractivity contribution in [3.63, 3.8) is 0 Å². The largest absolute Gasteiger partial charge is 0.340 e. The molecule has 0 saturated heterocycles. The van der Waals surface area contributed by atoms with Crippen molar-refractivity contribution >= 4 is 17.1 Å². The Morgan fingerprint density at radius 2 is 2.19 bits per heavy atom. The van der Waals surface area contributed by atoms with Crippen LogP contribution in [-0.2, 0) is 4.79 Å². The van der Waals surface area contributed by atoms with E-state index in [1.54, 1.807) is 39.1 Å². The molecule has 0 unspecified atom stereocenters. The molecule has 6 heteroatoms. The average Bonchev–Trinajstić information content (AvgIpc) is 2.61. The first-order chi connectivity index (χ1) is 7.48. The van der Waals surface area contributed by atoms with E-state index in [-0.39, 0.29) is 5.97 Å². The summed E-state index contributed by atoms with van der Waals surface area (Å²) in [4.78, 5) is 21.8. The van der Waals surface area contributed by atoms with Crippen molar-refractivity contribution in [2.24, 2.45) is 5.41 Å². The smallest absolute Gasteiger partial charge is 0.315 e. The van der Waals surface area contributed by atoms with Gasteiger partial charge in [-0.15, -0.1) is 5.10 Å². The molecule has 0 aliphatic carbocycles. The summed E-state index contributed by atoms with van der Waals surface area (Å²) in [7, 11) is 0. The molecule has 16 heavy (non-hydrogen) atoms. The number of fused-ring (bicyclic) bond motifs is 1. The van der Waals surface area contributed by atoms with Crippen molar-refractivity contribution in [3.05, 3.63) is 18.3 Å². The van der Waals surface area contributed by atoms with E-state index in [9.17, 15) is 4.79 Å². The Hall–Kier alpha value is -1.98. The SMILES string of the molecule is CC(C)(C)C(=O)On1nnc2cccnc21. The second kappa shape index (κ2) is 3.55. The lowest BCUT2D eigenvalue weighted by Crippen LogP contribution is -2.32. The first-order valence-corrected chi connectivity index (χ1v) is 4.88. The molecule has 0 aliphatic rings. The van der Waals surface area contributed by atoms with Gasteiger partial charge in [-0.05, 0) is 43.0 Å². The van der Waals surface area contributed by atoms with Crippen LogP contribution in [0.2, 0.25) is 0 Å². The Balaban J connectivity index is 2.32. The van der Waals surface area contributed by atoms with E-state index in [0.717, 1.165) is 4.85 Å². The summed E-state index contributed by atoms with van der Waals surface area (Å²) in [5, 5.41) is 7.54. The highest BCUT2D eigenvalue weighted by Gasteiger charge is 2.25. The molecule has 0 saturated carbocycles. The highest BCUT2D eigenvalue weighted by atomic mass is 16.7. The average molecular weight is 220 g/mol. The quantitative estimate of drug-likeness (QED) is 0.666. The molecular formula is C10H12N4O2. The first-order valence-electron chi connectivity index (χ1n) is 4.88. The zero-order valence-corrected chi connectivity index (χ0v) is 9.34. The maximum Gasteiger partial charge on any atom is 0.340 e. The molecule has 0 N–H and O–H groups in total. The van der Waals surface area contributed by atoms with E-state index in [4.69, 9.17) is 4.84 Å². The van der Waals surface area contributed by atoms with Crippen LogP contribution in [0.15, 0.2) is 18.3 Å². The summed E-state index contributed by atoms with van der Waals surface area (Å²) >= 11 is 0. The Kier molecular flexibility index (Phi) is 2.34. The van der Waals surface area contributed by atoms with Gasteiger partial charge in [0.05, 0.1) is 5.41 Å². The summed E-state index contributed by atoms with van der Waals surface area (Å²) in [5.74, 6) is -0.384. The van der Waals surface area contributed by atoms with Crippen LogP contribution in [0.1, 0.15) is 20.8 Å². The summed E-state index contributed by atoms with van der Waals surface area (Å²) in [6.07, 6.45) is 1.59. The lowest BCUT2D eigenvalue weighted by molar-refractivity contribution is -0.154. The van der Waals surface area contributed by atoms with Crippen LogP contribution in [0.5, 0.6) is 0 Å². The number of nitrogens with zero attached hydrogens (tertiary/aromatic N) is 4. The van der Waals surface area contributed by atoms with Crippen molar-refractivity contribution in [1.82, 2.24) is 20.1 Å². The van der Waals surface area contributed by atoms with Gasteiger partial charge in [0.15, 0.2) is 0 Å². The topological polar surface area (TPSA) is 69.9 Å². The van der Waals surface area contributed by atoms with Crippen LogP contribution in [0.4, 0.5) is 0 Å². The fourth-order valence-electron chi connectivity index (χ4n) is 1.02. The maximum absolute atomic E-state index is 11.6. The van der Waals surface area contributed by atoms with Gasteiger partial charge in [0.2, 0.25) is 5.65 Å². The van der Waals surface area contributed by atoms with Gasteiger partial charge in [0, 0.05) is 6.20 Å². The Morgan fingerprint density at radius 3 is 2.88 bits per heavy atom. The first kappa shape index (κ1) is 10.5. The molecular weight excluding hydrogens is 208 g/mol. The van der Waals surface area contributed by atoms with Crippen LogP contribution in [0.3, 0.4) is 0 Å². The monoisotopic (exact) mass is 220 g/mol. The fraction of sp³-hybridized carbons (Fsp3) is 0.400. The van der Waals surface area contributed by atoms with Crippen LogP contribution in [0, 0.1) is 5.41 Å². The maximum atomic E-state index is 11.6. The van der Waals surface area contributed by atoms with Gasteiger partial charge >= 0.3 is 5.97 Å². The molecule has 0 fully saturated rings. The van der Waals surface area contributed by atoms with Crippen molar-refractivity contribution in [3.8, 4) is 0 Å². The standard InChI is InChI=1S/C10H12N4O2/c1-10(2,3)9(15)16-14-8-7(12-13-14)5-4-6-11-8/h4-6H,1-3H3. The highest BCUT2D eigenvalue weighted by molar-refractivity contribution is 5.76. The van der Waals surface area contributed by atoms with Crippen LogP contribution in [0.25, 0.3) is 11.2 Å². The molecule has 0 amide bonds. The summed E-state index contributed by atoms with van der Waals surface area (Å²) in [5.41, 5.74) is 0.428. The van der Waals surface area contributed by atoms with Gasteiger partial charge in [-0.3, -0.25) is 0 Å². The normalized spacial score (nSPS) is 11.7. The molecule has 84 valence electrons. The number of hydrogen-bond donors (Lipinski definition) is 0.